The number of carbonyl (C=O) groups is 1. The molecule has 1 aromatic rings. The first-order chi connectivity index (χ1) is 11.9. The third kappa shape index (κ3) is 5.87. The van der Waals surface area contributed by atoms with Crippen molar-refractivity contribution in [3.8, 4) is 5.75 Å². The number of carbonyl (C=O) groups excluding carboxylic acids is 1. The van der Waals surface area contributed by atoms with E-state index >= 15 is 0 Å². The average molecular weight is 389 g/mol. The van der Waals surface area contributed by atoms with Crippen LogP contribution in [0.1, 0.15) is 39.0 Å². The Morgan fingerprint density at radius 1 is 1.28 bits per heavy atom. The maximum atomic E-state index is 12.2. The minimum absolute atomic E-state index is 0.0753. The van der Waals surface area contributed by atoms with Gasteiger partial charge in [0.1, 0.15) is 5.75 Å². The Morgan fingerprint density at radius 3 is 2.64 bits per heavy atom. The molecule has 0 saturated carbocycles. The number of ether oxygens (including phenoxy) is 1. The van der Waals surface area contributed by atoms with Gasteiger partial charge >= 0.3 is 0 Å². The largest absolute Gasteiger partial charge is 0.482 e. The predicted octanol–water partition coefficient (Wildman–Crippen LogP) is 2.81. The molecule has 1 fully saturated rings. The van der Waals surface area contributed by atoms with Gasteiger partial charge in [-0.25, -0.2) is 13.1 Å². The van der Waals surface area contributed by atoms with Crippen LogP contribution in [0.5, 0.6) is 5.75 Å². The molecule has 0 aliphatic carbocycles. The van der Waals surface area contributed by atoms with Crippen LogP contribution in [0.25, 0.3) is 0 Å². The molecular formula is C17H25ClN2O4S. The summed E-state index contributed by atoms with van der Waals surface area (Å²) in [6, 6.07) is 4.26. The molecule has 8 heteroatoms. The second kappa shape index (κ2) is 9.40. The zero-order chi connectivity index (χ0) is 18.3. The highest BCUT2D eigenvalue weighted by molar-refractivity contribution is 7.89. The van der Waals surface area contributed by atoms with E-state index in [-0.39, 0.29) is 22.4 Å². The molecular weight excluding hydrogens is 364 g/mol. The van der Waals surface area contributed by atoms with Crippen molar-refractivity contribution in [3.63, 3.8) is 0 Å². The number of sulfonamides is 1. The fourth-order valence-electron chi connectivity index (χ4n) is 2.61. The number of rotatable bonds is 8. The van der Waals surface area contributed by atoms with E-state index in [1.165, 1.54) is 18.2 Å². The summed E-state index contributed by atoms with van der Waals surface area (Å²) in [5.74, 6) is 0.230. The molecule has 0 aromatic heterocycles. The number of benzene rings is 1. The second-order valence-corrected chi connectivity index (χ2v) is 8.25. The first-order valence-electron chi connectivity index (χ1n) is 8.64. The Morgan fingerprint density at radius 2 is 2.00 bits per heavy atom. The average Bonchev–Trinajstić information content (AvgIpc) is 2.61. The maximum Gasteiger partial charge on any atom is 0.260 e. The van der Waals surface area contributed by atoms with Crippen molar-refractivity contribution in [2.75, 3.05) is 26.2 Å². The Bertz CT molecular complexity index is 688. The third-order valence-electron chi connectivity index (χ3n) is 4.10. The molecule has 0 atom stereocenters. The van der Waals surface area contributed by atoms with Gasteiger partial charge in [-0.2, -0.15) is 0 Å². The van der Waals surface area contributed by atoms with Gasteiger partial charge in [0.05, 0.1) is 9.92 Å². The molecule has 1 aliphatic rings. The molecule has 0 radical (unpaired) electrons. The first kappa shape index (κ1) is 20.0. The topological polar surface area (TPSA) is 75.7 Å². The summed E-state index contributed by atoms with van der Waals surface area (Å²) >= 11 is 6.12. The number of hydrogen-bond donors (Lipinski definition) is 1. The van der Waals surface area contributed by atoms with Crippen LogP contribution in [0.15, 0.2) is 23.1 Å². The number of nitrogens with one attached hydrogen (secondary N) is 1. The van der Waals surface area contributed by atoms with E-state index in [1.807, 2.05) is 6.92 Å². The van der Waals surface area contributed by atoms with Gasteiger partial charge in [0.15, 0.2) is 6.61 Å². The lowest BCUT2D eigenvalue weighted by Crippen LogP contribution is -2.38. The molecule has 0 unspecified atom stereocenters. The van der Waals surface area contributed by atoms with E-state index in [2.05, 4.69) is 4.72 Å². The molecule has 25 heavy (non-hydrogen) atoms. The highest BCUT2D eigenvalue weighted by Crippen LogP contribution is 2.27. The number of hydrogen-bond acceptors (Lipinski definition) is 4. The fourth-order valence-corrected chi connectivity index (χ4v) is 4.01. The molecule has 0 spiro atoms. The highest BCUT2D eigenvalue weighted by atomic mass is 35.5. The van der Waals surface area contributed by atoms with Gasteiger partial charge in [-0.05, 0) is 43.9 Å². The summed E-state index contributed by atoms with van der Waals surface area (Å²) in [7, 11) is -3.59. The van der Waals surface area contributed by atoms with Crippen molar-refractivity contribution >= 4 is 27.5 Å². The lowest BCUT2D eigenvalue weighted by Gasteiger charge is -2.26. The normalized spacial score (nSPS) is 15.2. The molecule has 1 aliphatic heterocycles. The van der Waals surface area contributed by atoms with Crippen LogP contribution in [0.3, 0.4) is 0 Å². The van der Waals surface area contributed by atoms with Crippen molar-refractivity contribution in [2.24, 2.45) is 0 Å². The summed E-state index contributed by atoms with van der Waals surface area (Å²) < 4.78 is 32.4. The zero-order valence-corrected chi connectivity index (χ0v) is 16.0. The maximum absolute atomic E-state index is 12.2. The summed E-state index contributed by atoms with van der Waals surface area (Å²) in [6.45, 7) is 3.80. The van der Waals surface area contributed by atoms with Gasteiger partial charge in [-0.15, -0.1) is 0 Å². The minimum atomic E-state index is -3.59. The van der Waals surface area contributed by atoms with Gasteiger partial charge in [0.25, 0.3) is 5.91 Å². The van der Waals surface area contributed by atoms with Crippen LogP contribution in [0, 0.1) is 0 Å². The Kier molecular flexibility index (Phi) is 7.53. The number of unbranched alkanes of at least 4 members (excludes halogenated alkanes) is 1. The monoisotopic (exact) mass is 388 g/mol. The third-order valence-corrected chi connectivity index (χ3v) is 5.85. The van der Waals surface area contributed by atoms with E-state index in [0.717, 1.165) is 45.2 Å². The summed E-state index contributed by atoms with van der Waals surface area (Å²) in [5.41, 5.74) is 0. The Balaban J connectivity index is 1.95. The predicted molar refractivity (Wildman–Crippen MR) is 97.5 cm³/mol. The number of amides is 1. The van der Waals surface area contributed by atoms with Crippen LogP contribution < -0.4 is 9.46 Å². The first-order valence-corrected chi connectivity index (χ1v) is 10.5. The van der Waals surface area contributed by atoms with E-state index < -0.39 is 10.0 Å². The SMILES string of the molecule is CCCCNS(=O)(=O)c1ccc(OCC(=O)N2CCCCC2)c(Cl)c1. The lowest BCUT2D eigenvalue weighted by molar-refractivity contribution is -0.134. The van der Waals surface area contributed by atoms with Gasteiger partial charge in [-0.3, -0.25) is 4.79 Å². The van der Waals surface area contributed by atoms with Crippen LogP contribution in [0.4, 0.5) is 0 Å². The van der Waals surface area contributed by atoms with E-state index in [9.17, 15) is 13.2 Å². The van der Waals surface area contributed by atoms with Crippen LogP contribution in [-0.2, 0) is 14.8 Å². The van der Waals surface area contributed by atoms with Crippen LogP contribution in [0.2, 0.25) is 5.02 Å². The molecule has 1 saturated heterocycles. The van der Waals surface area contributed by atoms with Gasteiger partial charge in [0.2, 0.25) is 10.0 Å². The number of likely N-dealkylation sites (tertiary alicyclic amines) is 1. The van der Waals surface area contributed by atoms with Crippen molar-refractivity contribution in [2.45, 2.75) is 43.9 Å². The number of nitrogens with zero attached hydrogens (tertiary/aromatic N) is 1. The van der Waals surface area contributed by atoms with Gasteiger partial charge in [0, 0.05) is 19.6 Å². The lowest BCUT2D eigenvalue weighted by atomic mass is 10.1. The summed E-state index contributed by atoms with van der Waals surface area (Å²) in [6.07, 6.45) is 4.86. The van der Waals surface area contributed by atoms with E-state index in [4.69, 9.17) is 16.3 Å². The molecule has 1 heterocycles. The van der Waals surface area contributed by atoms with Crippen molar-refractivity contribution in [1.82, 2.24) is 9.62 Å². The minimum Gasteiger partial charge on any atom is -0.482 e. The highest BCUT2D eigenvalue weighted by Gasteiger charge is 2.19. The molecule has 1 amide bonds. The van der Waals surface area contributed by atoms with Crippen LogP contribution >= 0.6 is 11.6 Å². The zero-order valence-electron chi connectivity index (χ0n) is 14.5. The molecule has 1 N–H and O–H groups in total. The number of halogens is 1. The summed E-state index contributed by atoms with van der Waals surface area (Å²) in [4.78, 5) is 14.0. The fraction of sp³-hybridized carbons (Fsp3) is 0.588. The molecule has 6 nitrogen and oxygen atoms in total. The van der Waals surface area contributed by atoms with Crippen molar-refractivity contribution < 1.29 is 17.9 Å². The molecule has 1 aromatic carbocycles. The van der Waals surface area contributed by atoms with Crippen molar-refractivity contribution in [3.05, 3.63) is 23.2 Å². The number of piperidine rings is 1. The smallest absolute Gasteiger partial charge is 0.260 e. The summed E-state index contributed by atoms with van der Waals surface area (Å²) in [5, 5.41) is 0.171. The van der Waals surface area contributed by atoms with Gasteiger partial charge < -0.3 is 9.64 Å². The molecule has 2 rings (SSSR count). The quantitative estimate of drug-likeness (QED) is 0.695. The molecule has 0 bridgehead atoms. The van der Waals surface area contributed by atoms with Crippen molar-refractivity contribution in [1.29, 1.82) is 0 Å². The van der Waals surface area contributed by atoms with E-state index in [0.29, 0.717) is 12.3 Å². The van der Waals surface area contributed by atoms with E-state index in [1.54, 1.807) is 4.90 Å². The second-order valence-electron chi connectivity index (χ2n) is 6.07. The standard InChI is InChI=1S/C17H25ClN2O4S/c1-2-3-9-19-25(22,23)14-7-8-16(15(18)12-14)24-13-17(21)20-10-5-4-6-11-20/h7-8,12,19H,2-6,9-11,13H2,1H3. The Hall–Kier alpha value is -1.31. The van der Waals surface area contributed by atoms with Crippen LogP contribution in [-0.4, -0.2) is 45.5 Å². The van der Waals surface area contributed by atoms with Gasteiger partial charge in [-0.1, -0.05) is 24.9 Å². The Labute approximate surface area is 154 Å². The molecule has 140 valence electrons.